The largest absolute Gasteiger partial charge is 0.481 e. The molecule has 0 aromatic carbocycles. The van der Waals surface area contributed by atoms with Crippen LogP contribution in [-0.2, 0) is 9.59 Å². The van der Waals surface area contributed by atoms with Gasteiger partial charge in [0.2, 0.25) is 5.91 Å². The number of nitrogens with two attached hydrogens (primary N) is 1. The van der Waals surface area contributed by atoms with Crippen molar-refractivity contribution >= 4 is 11.9 Å². The molecular formula is C11H20N2O3. The first-order valence-electron chi connectivity index (χ1n) is 5.69. The van der Waals surface area contributed by atoms with Gasteiger partial charge in [0.05, 0.1) is 11.8 Å². The molecule has 0 bridgehead atoms. The zero-order valence-electron chi connectivity index (χ0n) is 9.74. The molecule has 0 heterocycles. The van der Waals surface area contributed by atoms with E-state index < -0.39 is 11.4 Å². The van der Waals surface area contributed by atoms with Crippen LogP contribution in [0.15, 0.2) is 0 Å². The van der Waals surface area contributed by atoms with Gasteiger partial charge >= 0.3 is 5.97 Å². The summed E-state index contributed by atoms with van der Waals surface area (Å²) in [5.41, 5.74) is 5.28. The standard InChI is InChI=1S/C11H20N2O3/c1-13(7-4-9(14)15)10(16)11(8-12)5-2-3-6-11/h2-8,12H2,1H3,(H,14,15). The molecule has 0 aliphatic heterocycles. The zero-order valence-corrected chi connectivity index (χ0v) is 9.74. The summed E-state index contributed by atoms with van der Waals surface area (Å²) in [7, 11) is 1.65. The molecule has 0 aromatic rings. The van der Waals surface area contributed by atoms with Crippen molar-refractivity contribution < 1.29 is 14.7 Å². The minimum atomic E-state index is -0.882. The highest BCUT2D eigenvalue weighted by Crippen LogP contribution is 2.38. The lowest BCUT2D eigenvalue weighted by Crippen LogP contribution is -2.45. The predicted molar refractivity (Wildman–Crippen MR) is 59.8 cm³/mol. The Balaban J connectivity index is 2.57. The van der Waals surface area contributed by atoms with Crippen LogP contribution in [0.5, 0.6) is 0 Å². The van der Waals surface area contributed by atoms with Crippen LogP contribution in [0.4, 0.5) is 0 Å². The van der Waals surface area contributed by atoms with Gasteiger partial charge < -0.3 is 15.7 Å². The fourth-order valence-electron chi connectivity index (χ4n) is 2.33. The molecule has 0 atom stereocenters. The van der Waals surface area contributed by atoms with Crippen molar-refractivity contribution in [3.8, 4) is 0 Å². The van der Waals surface area contributed by atoms with Gasteiger partial charge in [-0.2, -0.15) is 0 Å². The molecule has 0 aromatic heterocycles. The molecule has 5 heteroatoms. The average molecular weight is 228 g/mol. The molecule has 0 saturated heterocycles. The fourth-order valence-corrected chi connectivity index (χ4v) is 2.33. The van der Waals surface area contributed by atoms with Crippen LogP contribution >= 0.6 is 0 Å². The van der Waals surface area contributed by atoms with Gasteiger partial charge in [-0.3, -0.25) is 9.59 Å². The van der Waals surface area contributed by atoms with Gasteiger partial charge in [0, 0.05) is 20.1 Å². The molecule has 1 aliphatic carbocycles. The first-order chi connectivity index (χ1) is 7.52. The number of nitrogens with zero attached hydrogens (tertiary/aromatic N) is 1. The SMILES string of the molecule is CN(CCC(=O)O)C(=O)C1(CN)CCCC1. The Morgan fingerprint density at radius 1 is 1.38 bits per heavy atom. The summed E-state index contributed by atoms with van der Waals surface area (Å²) < 4.78 is 0. The zero-order chi connectivity index (χ0) is 12.2. The van der Waals surface area contributed by atoms with E-state index in [0.717, 1.165) is 25.7 Å². The molecule has 1 rings (SSSR count). The summed E-state index contributed by atoms with van der Waals surface area (Å²) in [4.78, 5) is 24.1. The van der Waals surface area contributed by atoms with Crippen molar-refractivity contribution in [2.75, 3.05) is 20.1 Å². The van der Waals surface area contributed by atoms with E-state index in [1.54, 1.807) is 7.05 Å². The van der Waals surface area contributed by atoms with Crippen LogP contribution in [0.2, 0.25) is 0 Å². The minimum absolute atomic E-state index is 0.00810. The van der Waals surface area contributed by atoms with Crippen LogP contribution in [0, 0.1) is 5.41 Å². The number of rotatable bonds is 5. The van der Waals surface area contributed by atoms with E-state index in [9.17, 15) is 9.59 Å². The number of carboxylic acid groups (broad SMARTS) is 1. The van der Waals surface area contributed by atoms with Gasteiger partial charge in [0.25, 0.3) is 0 Å². The Morgan fingerprint density at radius 3 is 2.38 bits per heavy atom. The highest BCUT2D eigenvalue weighted by molar-refractivity contribution is 5.83. The van der Waals surface area contributed by atoms with E-state index in [2.05, 4.69) is 0 Å². The molecular weight excluding hydrogens is 208 g/mol. The lowest BCUT2D eigenvalue weighted by molar-refractivity contribution is -0.142. The second kappa shape index (κ2) is 5.30. The maximum absolute atomic E-state index is 12.2. The van der Waals surface area contributed by atoms with Crippen LogP contribution in [0.25, 0.3) is 0 Å². The monoisotopic (exact) mass is 228 g/mol. The highest BCUT2D eigenvalue weighted by atomic mass is 16.4. The van der Waals surface area contributed by atoms with Crippen molar-refractivity contribution in [1.82, 2.24) is 4.90 Å². The van der Waals surface area contributed by atoms with Crippen LogP contribution in [0.3, 0.4) is 0 Å². The summed E-state index contributed by atoms with van der Waals surface area (Å²) in [5.74, 6) is -0.873. The highest BCUT2D eigenvalue weighted by Gasteiger charge is 2.41. The normalized spacial score (nSPS) is 18.4. The Labute approximate surface area is 95.6 Å². The Kier molecular flexibility index (Phi) is 4.29. The predicted octanol–water partition coefficient (Wildman–Crippen LogP) is 0.439. The minimum Gasteiger partial charge on any atom is -0.481 e. The van der Waals surface area contributed by atoms with Crippen molar-refractivity contribution in [3.05, 3.63) is 0 Å². The van der Waals surface area contributed by atoms with E-state index in [1.807, 2.05) is 0 Å². The van der Waals surface area contributed by atoms with Crippen molar-refractivity contribution in [2.24, 2.45) is 11.1 Å². The van der Waals surface area contributed by atoms with Gasteiger partial charge in [0.15, 0.2) is 0 Å². The van der Waals surface area contributed by atoms with E-state index >= 15 is 0 Å². The summed E-state index contributed by atoms with van der Waals surface area (Å²) in [6.45, 7) is 0.624. The van der Waals surface area contributed by atoms with Gasteiger partial charge in [0.1, 0.15) is 0 Å². The third-order valence-corrected chi connectivity index (χ3v) is 3.41. The number of carbonyl (C=O) groups is 2. The number of carboxylic acids is 1. The lowest BCUT2D eigenvalue weighted by Gasteiger charge is -2.30. The van der Waals surface area contributed by atoms with E-state index in [0.29, 0.717) is 6.54 Å². The number of amides is 1. The first kappa shape index (κ1) is 13.0. The molecule has 1 fully saturated rings. The summed E-state index contributed by atoms with van der Waals surface area (Å²) in [6.07, 6.45) is 3.73. The van der Waals surface area contributed by atoms with Crippen molar-refractivity contribution in [3.63, 3.8) is 0 Å². The quantitative estimate of drug-likeness (QED) is 0.715. The molecule has 0 unspecified atom stereocenters. The number of carbonyl (C=O) groups excluding carboxylic acids is 1. The molecule has 0 spiro atoms. The fraction of sp³-hybridized carbons (Fsp3) is 0.818. The maximum Gasteiger partial charge on any atom is 0.305 e. The summed E-state index contributed by atoms with van der Waals surface area (Å²) in [5, 5.41) is 8.57. The summed E-state index contributed by atoms with van der Waals surface area (Å²) >= 11 is 0. The molecule has 3 N–H and O–H groups in total. The third kappa shape index (κ3) is 2.72. The van der Waals surface area contributed by atoms with Gasteiger partial charge in [-0.25, -0.2) is 0 Å². The Hall–Kier alpha value is -1.10. The van der Waals surface area contributed by atoms with Crippen molar-refractivity contribution in [2.45, 2.75) is 32.1 Å². The molecule has 1 aliphatic rings. The van der Waals surface area contributed by atoms with Crippen molar-refractivity contribution in [1.29, 1.82) is 0 Å². The molecule has 1 saturated carbocycles. The van der Waals surface area contributed by atoms with Crippen LogP contribution < -0.4 is 5.73 Å². The second-order valence-corrected chi connectivity index (χ2v) is 4.56. The van der Waals surface area contributed by atoms with Gasteiger partial charge in [-0.05, 0) is 12.8 Å². The summed E-state index contributed by atoms with van der Waals surface area (Å²) in [6, 6.07) is 0. The van der Waals surface area contributed by atoms with E-state index in [4.69, 9.17) is 10.8 Å². The van der Waals surface area contributed by atoms with E-state index in [1.165, 1.54) is 4.90 Å². The van der Waals surface area contributed by atoms with Gasteiger partial charge in [-0.15, -0.1) is 0 Å². The van der Waals surface area contributed by atoms with E-state index in [-0.39, 0.29) is 18.9 Å². The Morgan fingerprint density at radius 2 is 1.94 bits per heavy atom. The van der Waals surface area contributed by atoms with Gasteiger partial charge in [-0.1, -0.05) is 12.8 Å². The molecule has 0 radical (unpaired) electrons. The molecule has 16 heavy (non-hydrogen) atoms. The van der Waals surface area contributed by atoms with Crippen LogP contribution in [0.1, 0.15) is 32.1 Å². The molecule has 5 nitrogen and oxygen atoms in total. The number of hydrogen-bond acceptors (Lipinski definition) is 3. The number of aliphatic carboxylic acids is 1. The maximum atomic E-state index is 12.2. The Bertz CT molecular complexity index is 272. The molecule has 1 amide bonds. The topological polar surface area (TPSA) is 83.6 Å². The molecule has 92 valence electrons. The first-order valence-corrected chi connectivity index (χ1v) is 5.69. The smallest absolute Gasteiger partial charge is 0.305 e. The average Bonchev–Trinajstić information content (AvgIpc) is 2.74. The van der Waals surface area contributed by atoms with Crippen LogP contribution in [-0.4, -0.2) is 42.0 Å². The third-order valence-electron chi connectivity index (χ3n) is 3.41. The lowest BCUT2D eigenvalue weighted by atomic mass is 9.85. The second-order valence-electron chi connectivity index (χ2n) is 4.56. The number of hydrogen-bond donors (Lipinski definition) is 2.